The van der Waals surface area contributed by atoms with Gasteiger partial charge in [0, 0.05) is 31.0 Å². The molecule has 0 bridgehead atoms. The maximum atomic E-state index is 12.0. The molecule has 8 heteroatoms. The zero-order chi connectivity index (χ0) is 19.0. The van der Waals surface area contributed by atoms with E-state index in [-0.39, 0.29) is 19.0 Å². The van der Waals surface area contributed by atoms with E-state index in [0.717, 1.165) is 5.69 Å². The molecular formula is C18H26N6O2. The summed E-state index contributed by atoms with van der Waals surface area (Å²) in [5.74, 6) is 0.243. The number of amides is 1. The number of aryl methyl sites for hydroxylation is 1. The number of nitrogens with zero attached hydrogens (tertiary/aromatic N) is 3. The molecule has 0 saturated carbocycles. The zero-order valence-corrected chi connectivity index (χ0v) is 15.4. The molecule has 2 aromatic rings. The number of hydrogen-bond acceptors (Lipinski definition) is 4. The topological polar surface area (TPSA) is 104 Å². The summed E-state index contributed by atoms with van der Waals surface area (Å²) in [5, 5.41) is 23.6. The van der Waals surface area contributed by atoms with Crippen LogP contribution in [-0.2, 0) is 17.4 Å². The highest BCUT2D eigenvalue weighted by Gasteiger charge is 2.25. The fourth-order valence-electron chi connectivity index (χ4n) is 2.27. The molecule has 0 aliphatic rings. The predicted octanol–water partition coefficient (Wildman–Crippen LogP) is 0.821. The van der Waals surface area contributed by atoms with Crippen molar-refractivity contribution >= 4 is 17.6 Å². The number of carbonyl (C=O) groups is 1. The van der Waals surface area contributed by atoms with Crippen molar-refractivity contribution in [3.8, 4) is 0 Å². The van der Waals surface area contributed by atoms with E-state index in [9.17, 15) is 9.90 Å². The number of aliphatic hydroxyl groups is 1. The van der Waals surface area contributed by atoms with Gasteiger partial charge >= 0.3 is 0 Å². The first kappa shape index (κ1) is 19.5. The van der Waals surface area contributed by atoms with Crippen LogP contribution in [0.2, 0.25) is 0 Å². The van der Waals surface area contributed by atoms with E-state index < -0.39 is 5.60 Å². The number of aromatic nitrogens is 2. The van der Waals surface area contributed by atoms with Gasteiger partial charge < -0.3 is 21.1 Å². The molecule has 1 aromatic heterocycles. The summed E-state index contributed by atoms with van der Waals surface area (Å²) in [7, 11) is 1.80. The van der Waals surface area contributed by atoms with E-state index in [1.54, 1.807) is 31.0 Å². The highest BCUT2D eigenvalue weighted by Crippen LogP contribution is 2.18. The van der Waals surface area contributed by atoms with Crippen molar-refractivity contribution in [2.75, 3.05) is 25.0 Å². The minimum Gasteiger partial charge on any atom is -0.383 e. The third-order valence-corrected chi connectivity index (χ3v) is 3.71. The summed E-state index contributed by atoms with van der Waals surface area (Å²) >= 11 is 0. The van der Waals surface area contributed by atoms with Gasteiger partial charge in [-0.3, -0.25) is 9.48 Å². The molecular weight excluding hydrogens is 332 g/mol. The molecule has 1 amide bonds. The van der Waals surface area contributed by atoms with E-state index >= 15 is 0 Å². The largest absolute Gasteiger partial charge is 0.383 e. The molecule has 1 unspecified atom stereocenters. The average Bonchev–Trinajstić information content (AvgIpc) is 3.06. The highest BCUT2D eigenvalue weighted by molar-refractivity contribution is 5.94. The van der Waals surface area contributed by atoms with Crippen LogP contribution >= 0.6 is 0 Å². The highest BCUT2D eigenvalue weighted by atomic mass is 16.3. The molecule has 4 N–H and O–H groups in total. The monoisotopic (exact) mass is 358 g/mol. The number of benzene rings is 1. The van der Waals surface area contributed by atoms with Crippen LogP contribution in [0.1, 0.15) is 19.4 Å². The Balaban J connectivity index is 1.92. The standard InChI is InChI=1S/C18H26N6O2/c1-4-19-17(20-11-16(25)23-15-8-6-5-7-9-15)21-13-18(2,26)14-10-22-24(3)12-14/h5-10,12,26H,4,11,13H2,1-3H3,(H,23,25)(H2,19,20,21). The number of aliphatic imine (C=N–C) groups is 1. The number of rotatable bonds is 7. The van der Waals surface area contributed by atoms with Gasteiger partial charge in [0.15, 0.2) is 5.96 Å². The fraction of sp³-hybridized carbons (Fsp3) is 0.389. The molecule has 26 heavy (non-hydrogen) atoms. The lowest BCUT2D eigenvalue weighted by Gasteiger charge is -2.23. The quantitative estimate of drug-likeness (QED) is 0.433. The molecule has 1 heterocycles. The van der Waals surface area contributed by atoms with Gasteiger partial charge in [-0.1, -0.05) is 18.2 Å². The third kappa shape index (κ3) is 5.89. The Kier molecular flexibility index (Phi) is 6.74. The van der Waals surface area contributed by atoms with Gasteiger partial charge in [-0.2, -0.15) is 5.10 Å². The van der Waals surface area contributed by atoms with E-state index in [2.05, 4.69) is 26.0 Å². The first-order chi connectivity index (χ1) is 12.4. The molecule has 8 nitrogen and oxygen atoms in total. The SMILES string of the molecule is CCNC(=NCC(=O)Nc1ccccc1)NCC(C)(O)c1cnn(C)c1. The lowest BCUT2D eigenvalue weighted by molar-refractivity contribution is -0.114. The predicted molar refractivity (Wildman–Crippen MR) is 102 cm³/mol. The van der Waals surface area contributed by atoms with Crippen LogP contribution in [0.4, 0.5) is 5.69 Å². The van der Waals surface area contributed by atoms with Crippen molar-refractivity contribution in [1.29, 1.82) is 0 Å². The normalized spacial score (nSPS) is 13.8. The van der Waals surface area contributed by atoms with E-state index in [4.69, 9.17) is 0 Å². The van der Waals surface area contributed by atoms with Crippen molar-refractivity contribution in [1.82, 2.24) is 20.4 Å². The van der Waals surface area contributed by atoms with Crippen molar-refractivity contribution in [2.45, 2.75) is 19.4 Å². The second-order valence-electron chi connectivity index (χ2n) is 6.14. The number of carbonyl (C=O) groups excluding carboxylic acids is 1. The Morgan fingerprint density at radius 2 is 2.04 bits per heavy atom. The van der Waals surface area contributed by atoms with Crippen molar-refractivity contribution in [2.24, 2.45) is 12.0 Å². The number of para-hydroxylation sites is 1. The number of nitrogens with one attached hydrogen (secondary N) is 3. The Bertz CT molecular complexity index is 739. The minimum atomic E-state index is -1.11. The van der Waals surface area contributed by atoms with Crippen LogP contribution in [-0.4, -0.2) is 46.4 Å². The van der Waals surface area contributed by atoms with Gasteiger partial charge in [0.2, 0.25) is 5.91 Å². The van der Waals surface area contributed by atoms with Crippen molar-refractivity contribution < 1.29 is 9.90 Å². The molecule has 1 atom stereocenters. The smallest absolute Gasteiger partial charge is 0.246 e. The molecule has 0 aliphatic carbocycles. The average molecular weight is 358 g/mol. The zero-order valence-electron chi connectivity index (χ0n) is 15.4. The molecule has 0 saturated heterocycles. The number of anilines is 1. The van der Waals surface area contributed by atoms with Crippen LogP contribution in [0.15, 0.2) is 47.7 Å². The summed E-state index contributed by atoms with van der Waals surface area (Å²) in [6.07, 6.45) is 3.39. The molecule has 1 aromatic carbocycles. The first-order valence-electron chi connectivity index (χ1n) is 8.49. The van der Waals surface area contributed by atoms with Gasteiger partial charge in [-0.25, -0.2) is 4.99 Å². The molecule has 2 rings (SSSR count). The van der Waals surface area contributed by atoms with Gasteiger partial charge in [0.05, 0.1) is 12.7 Å². The third-order valence-electron chi connectivity index (χ3n) is 3.71. The molecule has 140 valence electrons. The Labute approximate surface area is 153 Å². The van der Waals surface area contributed by atoms with E-state index in [1.807, 2.05) is 37.3 Å². The fourth-order valence-corrected chi connectivity index (χ4v) is 2.27. The summed E-state index contributed by atoms with van der Waals surface area (Å²) in [5.41, 5.74) is 0.312. The summed E-state index contributed by atoms with van der Waals surface area (Å²) in [6, 6.07) is 9.22. The summed E-state index contributed by atoms with van der Waals surface area (Å²) in [6.45, 7) is 4.47. The van der Waals surface area contributed by atoms with E-state index in [0.29, 0.717) is 18.1 Å². The maximum absolute atomic E-state index is 12.0. The Morgan fingerprint density at radius 3 is 2.65 bits per heavy atom. The van der Waals surface area contributed by atoms with Crippen molar-refractivity contribution in [3.63, 3.8) is 0 Å². The molecule has 0 fully saturated rings. The first-order valence-corrected chi connectivity index (χ1v) is 8.49. The second kappa shape index (κ2) is 9.00. The van der Waals surface area contributed by atoms with Gasteiger partial charge in [-0.15, -0.1) is 0 Å². The van der Waals surface area contributed by atoms with Crippen LogP contribution in [0.5, 0.6) is 0 Å². The second-order valence-corrected chi connectivity index (χ2v) is 6.14. The maximum Gasteiger partial charge on any atom is 0.246 e. The summed E-state index contributed by atoms with van der Waals surface area (Å²) < 4.78 is 1.64. The van der Waals surface area contributed by atoms with Crippen LogP contribution in [0.3, 0.4) is 0 Å². The molecule has 0 aliphatic heterocycles. The Morgan fingerprint density at radius 1 is 1.31 bits per heavy atom. The van der Waals surface area contributed by atoms with Crippen LogP contribution in [0, 0.1) is 0 Å². The van der Waals surface area contributed by atoms with Gasteiger partial charge in [0.1, 0.15) is 12.1 Å². The summed E-state index contributed by atoms with van der Waals surface area (Å²) in [4.78, 5) is 16.3. The molecule has 0 spiro atoms. The van der Waals surface area contributed by atoms with Gasteiger partial charge in [0.25, 0.3) is 0 Å². The van der Waals surface area contributed by atoms with Gasteiger partial charge in [-0.05, 0) is 26.0 Å². The van der Waals surface area contributed by atoms with Crippen LogP contribution in [0.25, 0.3) is 0 Å². The molecule has 0 radical (unpaired) electrons. The lowest BCUT2D eigenvalue weighted by atomic mass is 10.00. The lowest BCUT2D eigenvalue weighted by Crippen LogP contribution is -2.44. The van der Waals surface area contributed by atoms with Crippen molar-refractivity contribution in [3.05, 3.63) is 48.3 Å². The minimum absolute atomic E-state index is 0.0285. The number of guanidine groups is 1. The Hall–Kier alpha value is -2.87. The number of hydrogen-bond donors (Lipinski definition) is 4. The van der Waals surface area contributed by atoms with Crippen LogP contribution < -0.4 is 16.0 Å². The van der Waals surface area contributed by atoms with E-state index in [1.165, 1.54) is 0 Å².